The molecule has 0 fully saturated rings. The van der Waals surface area contributed by atoms with Gasteiger partial charge in [0.25, 0.3) is 0 Å². The Balaban J connectivity index is 0.963. The van der Waals surface area contributed by atoms with E-state index in [2.05, 4.69) is 270 Å². The van der Waals surface area contributed by atoms with Gasteiger partial charge in [0.05, 0.1) is 22.4 Å². The van der Waals surface area contributed by atoms with E-state index in [1.165, 1.54) is 77.2 Å². The van der Waals surface area contributed by atoms with Crippen LogP contribution in [0.3, 0.4) is 0 Å². The molecule has 10 aromatic carbocycles. The van der Waals surface area contributed by atoms with Gasteiger partial charge in [-0.1, -0.05) is 206 Å². The predicted octanol–water partition coefficient (Wildman–Crippen LogP) is 17.7. The van der Waals surface area contributed by atoms with E-state index in [0.717, 1.165) is 34.6 Å². The van der Waals surface area contributed by atoms with Crippen LogP contribution in [0.2, 0.25) is 0 Å². The Bertz CT molecular complexity index is 3590. The third-order valence-corrected chi connectivity index (χ3v) is 13.3. The number of benzene rings is 10. The fourth-order valence-electron chi connectivity index (χ4n) is 10.1. The molecule has 0 spiro atoms. The largest absolute Gasteiger partial charge is 0.310 e. The zero-order valence-electron chi connectivity index (χ0n) is 36.5. The molecule has 12 rings (SSSR count). The highest BCUT2D eigenvalue weighted by Gasteiger charge is 2.21. The highest BCUT2D eigenvalue weighted by Crippen LogP contribution is 2.45. The van der Waals surface area contributed by atoms with E-state index in [-0.39, 0.29) is 0 Å². The molecule has 2 nitrogen and oxygen atoms in total. The second-order valence-electron chi connectivity index (χ2n) is 17.2. The van der Waals surface area contributed by atoms with Crippen LogP contribution in [-0.2, 0) is 0 Å². The molecular formula is C64H46N2. The predicted molar refractivity (Wildman–Crippen MR) is 280 cm³/mol. The molecule has 0 bridgehead atoms. The van der Waals surface area contributed by atoms with Gasteiger partial charge in [-0.3, -0.25) is 0 Å². The van der Waals surface area contributed by atoms with Gasteiger partial charge < -0.3 is 9.47 Å². The first-order valence-electron chi connectivity index (χ1n) is 22.9. The lowest BCUT2D eigenvalue weighted by Crippen LogP contribution is -2.11. The quantitative estimate of drug-likeness (QED) is 0.141. The van der Waals surface area contributed by atoms with Crippen LogP contribution in [0.25, 0.3) is 82.8 Å². The highest BCUT2D eigenvalue weighted by molar-refractivity contribution is 6.16. The van der Waals surface area contributed by atoms with Gasteiger partial charge in [0, 0.05) is 39.0 Å². The maximum Gasteiger partial charge on any atom is 0.0547 e. The van der Waals surface area contributed by atoms with Crippen LogP contribution in [0.5, 0.6) is 0 Å². The number of para-hydroxylation sites is 2. The van der Waals surface area contributed by atoms with Crippen molar-refractivity contribution in [2.24, 2.45) is 0 Å². The molecule has 0 N–H and O–H groups in total. The maximum absolute atomic E-state index is 2.45. The number of hydrogen-bond donors (Lipinski definition) is 0. The summed E-state index contributed by atoms with van der Waals surface area (Å²) in [6.45, 7) is 0. The van der Waals surface area contributed by atoms with E-state index in [1.807, 2.05) is 0 Å². The zero-order valence-corrected chi connectivity index (χ0v) is 36.5. The fraction of sp³-hybridized carbons (Fsp3) is 0.0312. The Morgan fingerprint density at radius 2 is 0.939 bits per heavy atom. The molecule has 1 aliphatic rings. The number of aromatic nitrogens is 1. The summed E-state index contributed by atoms with van der Waals surface area (Å²) in [5.74, 6) is 0.380. The minimum atomic E-state index is 0.380. The zero-order chi connectivity index (χ0) is 43.8. The van der Waals surface area contributed by atoms with Gasteiger partial charge >= 0.3 is 0 Å². The molecule has 1 atom stereocenters. The van der Waals surface area contributed by atoms with Gasteiger partial charge in [0.1, 0.15) is 0 Å². The molecular weight excluding hydrogens is 797 g/mol. The summed E-state index contributed by atoms with van der Waals surface area (Å²) in [6.07, 6.45) is 9.89. The molecule has 1 heterocycles. The molecule has 1 aliphatic carbocycles. The number of hydrogen-bond acceptors (Lipinski definition) is 1. The molecule has 0 amide bonds. The molecule has 0 saturated carbocycles. The molecule has 1 unspecified atom stereocenters. The lowest BCUT2D eigenvalue weighted by Gasteiger charge is -2.28. The van der Waals surface area contributed by atoms with Gasteiger partial charge in [0.15, 0.2) is 0 Å². The van der Waals surface area contributed by atoms with Crippen molar-refractivity contribution >= 4 is 49.6 Å². The smallest absolute Gasteiger partial charge is 0.0547 e. The Kier molecular flexibility index (Phi) is 10.0. The standard InChI is InChI=1S/C64H46N2/c1-3-16-45(17-4-1)47-32-34-48(35-33-47)50-38-42-55(43-39-50)65(54-40-36-49(37-41-54)46-18-5-2-6-19-46)60-28-11-9-25-57(60)52-22-13-23-53(44-52)58-27-15-31-63-64(58)59-26-10-12-29-62(59)66(63)61-30-14-21-51-20-7-8-24-56(51)61/h1-18,20-44,46H,19H2. The van der Waals surface area contributed by atoms with Gasteiger partial charge in [-0.05, 0) is 111 Å². The van der Waals surface area contributed by atoms with Gasteiger partial charge in [-0.15, -0.1) is 0 Å². The first-order chi connectivity index (χ1) is 32.7. The van der Waals surface area contributed by atoms with Gasteiger partial charge in [-0.2, -0.15) is 0 Å². The second kappa shape index (κ2) is 16.9. The van der Waals surface area contributed by atoms with Crippen molar-refractivity contribution in [3.63, 3.8) is 0 Å². The summed E-state index contributed by atoms with van der Waals surface area (Å²) < 4.78 is 2.45. The minimum absolute atomic E-state index is 0.380. The normalized spacial score (nSPS) is 13.4. The first kappa shape index (κ1) is 39.2. The molecule has 0 aliphatic heterocycles. The molecule has 312 valence electrons. The first-order valence-corrected chi connectivity index (χ1v) is 22.9. The summed E-state index contributed by atoms with van der Waals surface area (Å²) in [5.41, 5.74) is 17.8. The number of nitrogens with zero attached hydrogens (tertiary/aromatic N) is 2. The molecule has 0 radical (unpaired) electrons. The number of allylic oxidation sites excluding steroid dienone is 4. The van der Waals surface area contributed by atoms with Crippen LogP contribution in [0.4, 0.5) is 17.1 Å². The monoisotopic (exact) mass is 842 g/mol. The number of rotatable bonds is 9. The van der Waals surface area contributed by atoms with Crippen molar-refractivity contribution in [2.45, 2.75) is 12.3 Å². The van der Waals surface area contributed by atoms with Crippen LogP contribution in [0, 0.1) is 0 Å². The SMILES string of the molecule is C1=CCC(c2ccc(N(c3ccc(-c4ccc(-c5ccccc5)cc4)cc3)c3ccccc3-c3cccc(-c4cccc5c4c4ccccc4n5-c4cccc5ccccc45)c3)cc2)C=C1. The van der Waals surface area contributed by atoms with Crippen molar-refractivity contribution in [3.05, 3.63) is 266 Å². The van der Waals surface area contributed by atoms with Crippen molar-refractivity contribution in [2.75, 3.05) is 4.90 Å². The average Bonchev–Trinajstić information content (AvgIpc) is 3.74. The summed E-state index contributed by atoms with van der Waals surface area (Å²) in [7, 11) is 0. The van der Waals surface area contributed by atoms with Crippen molar-refractivity contribution in [1.82, 2.24) is 4.57 Å². The molecule has 0 saturated heterocycles. The van der Waals surface area contributed by atoms with Crippen LogP contribution < -0.4 is 4.90 Å². The van der Waals surface area contributed by atoms with Crippen molar-refractivity contribution < 1.29 is 0 Å². The average molecular weight is 843 g/mol. The highest BCUT2D eigenvalue weighted by atomic mass is 15.1. The van der Waals surface area contributed by atoms with Gasteiger partial charge in [-0.25, -0.2) is 0 Å². The molecule has 11 aromatic rings. The van der Waals surface area contributed by atoms with E-state index in [1.54, 1.807) is 0 Å². The van der Waals surface area contributed by atoms with E-state index in [4.69, 9.17) is 0 Å². The Morgan fingerprint density at radius 1 is 0.394 bits per heavy atom. The number of anilines is 3. The molecule has 1 aromatic heterocycles. The molecule has 66 heavy (non-hydrogen) atoms. The van der Waals surface area contributed by atoms with Crippen LogP contribution >= 0.6 is 0 Å². The summed E-state index contributed by atoms with van der Waals surface area (Å²) in [5, 5.41) is 4.97. The van der Waals surface area contributed by atoms with E-state index in [0.29, 0.717) is 5.92 Å². The van der Waals surface area contributed by atoms with Crippen LogP contribution in [0.15, 0.2) is 261 Å². The maximum atomic E-state index is 2.45. The number of fused-ring (bicyclic) bond motifs is 4. The lowest BCUT2D eigenvalue weighted by molar-refractivity contribution is 0.854. The van der Waals surface area contributed by atoms with Crippen molar-refractivity contribution in [3.8, 4) is 50.2 Å². The minimum Gasteiger partial charge on any atom is -0.310 e. The van der Waals surface area contributed by atoms with Gasteiger partial charge in [0.2, 0.25) is 0 Å². The van der Waals surface area contributed by atoms with E-state index >= 15 is 0 Å². The second-order valence-corrected chi connectivity index (χ2v) is 17.2. The van der Waals surface area contributed by atoms with Crippen LogP contribution in [-0.4, -0.2) is 4.57 Å². The van der Waals surface area contributed by atoms with E-state index < -0.39 is 0 Å². The third-order valence-electron chi connectivity index (χ3n) is 13.3. The fourth-order valence-corrected chi connectivity index (χ4v) is 10.1. The van der Waals surface area contributed by atoms with E-state index in [9.17, 15) is 0 Å². The Labute approximate surface area is 386 Å². The lowest BCUT2D eigenvalue weighted by atomic mass is 9.92. The summed E-state index contributed by atoms with van der Waals surface area (Å²) >= 11 is 0. The summed E-state index contributed by atoms with van der Waals surface area (Å²) in [6, 6.07) is 86.6. The Morgan fingerprint density at radius 3 is 1.70 bits per heavy atom. The topological polar surface area (TPSA) is 8.17 Å². The van der Waals surface area contributed by atoms with Crippen molar-refractivity contribution in [1.29, 1.82) is 0 Å². The summed E-state index contributed by atoms with van der Waals surface area (Å²) in [4.78, 5) is 2.42. The Hall–Kier alpha value is -8.46. The molecule has 2 heteroatoms. The van der Waals surface area contributed by atoms with Crippen LogP contribution in [0.1, 0.15) is 17.9 Å². The third kappa shape index (κ3) is 7.10.